The molecule has 1 N–H and O–H groups in total. The van der Waals surface area contributed by atoms with Crippen molar-refractivity contribution in [3.05, 3.63) is 53.5 Å². The van der Waals surface area contributed by atoms with Crippen LogP contribution in [0.5, 0.6) is 0 Å². The fourth-order valence-electron chi connectivity index (χ4n) is 1.75. The molecule has 0 fully saturated rings. The van der Waals surface area contributed by atoms with Gasteiger partial charge in [0.2, 0.25) is 5.82 Å². The summed E-state index contributed by atoms with van der Waals surface area (Å²) in [7, 11) is 0. The van der Waals surface area contributed by atoms with Crippen molar-refractivity contribution >= 4 is 17.2 Å². The van der Waals surface area contributed by atoms with Gasteiger partial charge in [0, 0.05) is 24.9 Å². The highest BCUT2D eigenvalue weighted by molar-refractivity contribution is 7.13. The standard InChI is InChI=1S/C14H12N4O2S/c19-13(16-8-6-10-4-1-2-7-15-10)14-17-12(18-20-14)11-5-3-9-21-11/h1-5,7,9H,6,8H2,(H,16,19). The predicted octanol–water partition coefficient (Wildman–Crippen LogP) is 2.17. The van der Waals surface area contributed by atoms with Gasteiger partial charge in [-0.25, -0.2) is 0 Å². The number of hydrogen-bond acceptors (Lipinski definition) is 6. The van der Waals surface area contributed by atoms with Gasteiger partial charge in [0.15, 0.2) is 0 Å². The normalized spacial score (nSPS) is 10.5. The lowest BCUT2D eigenvalue weighted by Gasteiger charge is -2.01. The molecule has 0 spiro atoms. The average Bonchev–Trinajstić information content (AvgIpc) is 3.19. The van der Waals surface area contributed by atoms with Crippen molar-refractivity contribution in [2.24, 2.45) is 0 Å². The van der Waals surface area contributed by atoms with Crippen molar-refractivity contribution in [1.82, 2.24) is 20.4 Å². The van der Waals surface area contributed by atoms with Crippen LogP contribution >= 0.6 is 11.3 Å². The predicted molar refractivity (Wildman–Crippen MR) is 77.9 cm³/mol. The van der Waals surface area contributed by atoms with Gasteiger partial charge in [-0.3, -0.25) is 9.78 Å². The molecule has 0 saturated heterocycles. The number of carbonyl (C=O) groups is 1. The highest BCUT2D eigenvalue weighted by Gasteiger charge is 2.16. The molecule has 7 heteroatoms. The van der Waals surface area contributed by atoms with E-state index in [1.54, 1.807) is 6.20 Å². The Kier molecular flexibility index (Phi) is 4.02. The molecule has 0 bridgehead atoms. The van der Waals surface area contributed by atoms with Crippen LogP contribution in [-0.4, -0.2) is 27.6 Å². The lowest BCUT2D eigenvalue weighted by Crippen LogP contribution is -2.26. The molecule has 21 heavy (non-hydrogen) atoms. The minimum absolute atomic E-state index is 0.0283. The Morgan fingerprint density at radius 2 is 2.24 bits per heavy atom. The largest absolute Gasteiger partial charge is 0.347 e. The Morgan fingerprint density at radius 1 is 1.29 bits per heavy atom. The first-order valence-corrected chi connectivity index (χ1v) is 7.26. The molecular formula is C14H12N4O2S. The van der Waals surface area contributed by atoms with Crippen LogP contribution in [0.3, 0.4) is 0 Å². The summed E-state index contributed by atoms with van der Waals surface area (Å²) in [5.74, 6) is 0.0283. The van der Waals surface area contributed by atoms with Gasteiger partial charge in [0.1, 0.15) is 0 Å². The van der Waals surface area contributed by atoms with Gasteiger partial charge in [0.25, 0.3) is 0 Å². The number of carbonyl (C=O) groups excluding carboxylic acids is 1. The van der Waals surface area contributed by atoms with E-state index in [9.17, 15) is 4.79 Å². The Bertz CT molecular complexity index is 710. The molecule has 3 aromatic heterocycles. The van der Waals surface area contributed by atoms with E-state index in [0.717, 1.165) is 10.6 Å². The van der Waals surface area contributed by atoms with Gasteiger partial charge in [-0.1, -0.05) is 17.3 Å². The van der Waals surface area contributed by atoms with Crippen molar-refractivity contribution in [2.75, 3.05) is 6.54 Å². The monoisotopic (exact) mass is 300 g/mol. The topological polar surface area (TPSA) is 80.9 Å². The zero-order chi connectivity index (χ0) is 14.5. The number of hydrogen-bond donors (Lipinski definition) is 1. The molecule has 1 amide bonds. The Balaban J connectivity index is 1.56. The lowest BCUT2D eigenvalue weighted by atomic mass is 10.3. The first kappa shape index (κ1) is 13.4. The van der Waals surface area contributed by atoms with Crippen LogP contribution in [0.2, 0.25) is 0 Å². The average molecular weight is 300 g/mol. The molecule has 0 aliphatic rings. The van der Waals surface area contributed by atoms with Crippen LogP contribution in [-0.2, 0) is 6.42 Å². The fraction of sp³-hybridized carbons (Fsp3) is 0.143. The number of aromatic nitrogens is 3. The van der Waals surface area contributed by atoms with Crippen LogP contribution in [0.4, 0.5) is 0 Å². The van der Waals surface area contributed by atoms with E-state index in [-0.39, 0.29) is 11.8 Å². The molecule has 0 saturated carbocycles. The second kappa shape index (κ2) is 6.27. The summed E-state index contributed by atoms with van der Waals surface area (Å²) in [6, 6.07) is 9.44. The van der Waals surface area contributed by atoms with Crippen molar-refractivity contribution in [3.63, 3.8) is 0 Å². The molecule has 0 radical (unpaired) electrons. The molecule has 0 aromatic carbocycles. The Hall–Kier alpha value is -2.54. The van der Waals surface area contributed by atoms with E-state index in [2.05, 4.69) is 20.4 Å². The van der Waals surface area contributed by atoms with E-state index < -0.39 is 0 Å². The first-order chi connectivity index (χ1) is 10.3. The molecule has 3 aromatic rings. The molecule has 0 unspecified atom stereocenters. The number of thiophene rings is 1. The maximum atomic E-state index is 11.9. The first-order valence-electron chi connectivity index (χ1n) is 6.38. The third-order valence-electron chi connectivity index (χ3n) is 2.75. The van der Waals surface area contributed by atoms with E-state index in [1.807, 2.05) is 35.7 Å². The molecule has 0 aliphatic carbocycles. The number of rotatable bonds is 5. The smallest absolute Gasteiger partial charge is 0.316 e. The van der Waals surface area contributed by atoms with Crippen LogP contribution < -0.4 is 5.32 Å². The molecule has 6 nitrogen and oxygen atoms in total. The van der Waals surface area contributed by atoms with Crippen molar-refractivity contribution < 1.29 is 9.32 Å². The Labute approximate surface area is 124 Å². The molecule has 3 heterocycles. The van der Waals surface area contributed by atoms with Gasteiger partial charge in [-0.15, -0.1) is 11.3 Å². The summed E-state index contributed by atoms with van der Waals surface area (Å²) < 4.78 is 4.97. The van der Waals surface area contributed by atoms with E-state index in [0.29, 0.717) is 18.8 Å². The maximum absolute atomic E-state index is 11.9. The Morgan fingerprint density at radius 3 is 3.00 bits per heavy atom. The third kappa shape index (κ3) is 3.32. The fourth-order valence-corrected chi connectivity index (χ4v) is 2.40. The number of nitrogens with zero attached hydrogens (tertiary/aromatic N) is 3. The minimum atomic E-state index is -0.374. The quantitative estimate of drug-likeness (QED) is 0.781. The third-order valence-corrected chi connectivity index (χ3v) is 3.62. The van der Waals surface area contributed by atoms with Crippen molar-refractivity contribution in [2.45, 2.75) is 6.42 Å². The van der Waals surface area contributed by atoms with Gasteiger partial charge in [-0.05, 0) is 23.6 Å². The van der Waals surface area contributed by atoms with Crippen molar-refractivity contribution in [3.8, 4) is 10.7 Å². The molecule has 0 atom stereocenters. The van der Waals surface area contributed by atoms with Crippen LogP contribution in [0.25, 0.3) is 10.7 Å². The highest BCUT2D eigenvalue weighted by Crippen LogP contribution is 2.21. The summed E-state index contributed by atoms with van der Waals surface area (Å²) >= 11 is 1.49. The SMILES string of the molecule is O=C(NCCc1ccccn1)c1nc(-c2cccs2)no1. The minimum Gasteiger partial charge on any atom is -0.347 e. The number of pyridine rings is 1. The van der Waals surface area contributed by atoms with Crippen LogP contribution in [0, 0.1) is 0 Å². The van der Waals surface area contributed by atoms with E-state index in [4.69, 9.17) is 4.52 Å². The number of amides is 1. The summed E-state index contributed by atoms with van der Waals surface area (Å²) in [4.78, 5) is 21.0. The van der Waals surface area contributed by atoms with Gasteiger partial charge in [-0.2, -0.15) is 4.98 Å². The summed E-state index contributed by atoms with van der Waals surface area (Å²) in [6.45, 7) is 0.465. The second-order valence-corrected chi connectivity index (χ2v) is 5.18. The van der Waals surface area contributed by atoms with E-state index >= 15 is 0 Å². The summed E-state index contributed by atoms with van der Waals surface area (Å²) in [5.41, 5.74) is 0.919. The zero-order valence-electron chi connectivity index (χ0n) is 11.0. The van der Waals surface area contributed by atoms with Gasteiger partial charge >= 0.3 is 11.8 Å². The summed E-state index contributed by atoms with van der Waals surface area (Å²) in [6.07, 6.45) is 2.38. The molecular weight excluding hydrogens is 288 g/mol. The molecule has 0 aliphatic heterocycles. The van der Waals surface area contributed by atoms with E-state index in [1.165, 1.54) is 11.3 Å². The molecule has 3 rings (SSSR count). The lowest BCUT2D eigenvalue weighted by molar-refractivity contribution is 0.0910. The molecule has 106 valence electrons. The van der Waals surface area contributed by atoms with Gasteiger partial charge < -0.3 is 9.84 Å². The van der Waals surface area contributed by atoms with Crippen molar-refractivity contribution in [1.29, 1.82) is 0 Å². The highest BCUT2D eigenvalue weighted by atomic mass is 32.1. The van der Waals surface area contributed by atoms with Gasteiger partial charge in [0.05, 0.1) is 4.88 Å². The summed E-state index contributed by atoms with van der Waals surface area (Å²) in [5, 5.41) is 8.45. The number of nitrogens with one attached hydrogen (secondary N) is 1. The zero-order valence-corrected chi connectivity index (χ0v) is 11.8. The van der Waals surface area contributed by atoms with Crippen LogP contribution in [0.1, 0.15) is 16.4 Å². The van der Waals surface area contributed by atoms with Crippen LogP contribution in [0.15, 0.2) is 46.4 Å². The maximum Gasteiger partial charge on any atom is 0.316 e. The second-order valence-electron chi connectivity index (χ2n) is 4.23.